The Bertz CT molecular complexity index is 1380. The maximum Gasteiger partial charge on any atom is 0.307 e. The number of aliphatic hydroxyl groups excluding tert-OH is 2. The predicted molar refractivity (Wildman–Crippen MR) is 200 cm³/mol. The molecule has 6 aliphatic rings. The van der Waals surface area contributed by atoms with Crippen LogP contribution in [0.4, 0.5) is 0 Å². The molecule has 2 N–H and O–H groups in total. The predicted octanol–water partition coefficient (Wildman–Crippen LogP) is 4.36. The van der Waals surface area contributed by atoms with Crippen LogP contribution in [0.15, 0.2) is 36.0 Å². The van der Waals surface area contributed by atoms with E-state index >= 15 is 0 Å². The minimum atomic E-state index is -0.899. The monoisotopic (exact) mass is 759 g/mol. The first kappa shape index (κ1) is 41.6. The van der Waals surface area contributed by atoms with E-state index in [0.717, 1.165) is 25.7 Å². The normalized spacial score (nSPS) is 45.2. The molecule has 6 rings (SSSR count). The Morgan fingerprint density at radius 1 is 0.926 bits per heavy atom. The molecular weight excluding hydrogens is 694 g/mol. The van der Waals surface area contributed by atoms with Crippen molar-refractivity contribution < 1.29 is 53.0 Å². The lowest BCUT2D eigenvalue weighted by molar-refractivity contribution is -0.311. The zero-order valence-corrected chi connectivity index (χ0v) is 33.5. The van der Waals surface area contributed by atoms with E-state index in [-0.39, 0.29) is 72.2 Å². The number of carbonyl (C=O) groups is 2. The zero-order valence-electron chi connectivity index (χ0n) is 33.5. The number of Topliss-reactive ketones (excluding diaryl/α,β-unsaturated/α-hetero) is 1. The zero-order chi connectivity index (χ0) is 38.8. The van der Waals surface area contributed by atoms with E-state index < -0.39 is 49.0 Å². The molecule has 0 bridgehead atoms. The lowest BCUT2D eigenvalue weighted by Crippen LogP contribution is -2.59. The van der Waals surface area contributed by atoms with Crippen molar-refractivity contribution in [1.82, 2.24) is 4.90 Å². The van der Waals surface area contributed by atoms with Crippen molar-refractivity contribution >= 4 is 11.8 Å². The van der Waals surface area contributed by atoms with Crippen LogP contribution >= 0.6 is 0 Å². The van der Waals surface area contributed by atoms with Crippen molar-refractivity contribution in [3.8, 4) is 0 Å². The maximum absolute atomic E-state index is 14.7. The van der Waals surface area contributed by atoms with Gasteiger partial charge in [-0.25, -0.2) is 0 Å². The molecule has 3 aliphatic carbocycles. The SMILES string of the molecule is CO[C@@H]1[C@@H](O)[C@@H](OC)[C@H](O[C@@H]2CC3C=CC4C5CC(=O)OC(C=CC(C)O)CCC[C@H](O[C@H]6CC[C@H](N(C)C)[C@@H](C)O6)[C@@H](C)C(=O)C5=CC4C3C2)O[C@H]1C. The topological polar surface area (TPSA) is 142 Å². The number of methoxy groups -OCH3 is 2. The highest BCUT2D eigenvalue weighted by Gasteiger charge is 2.52. The second-order valence-electron chi connectivity index (χ2n) is 16.9. The van der Waals surface area contributed by atoms with Crippen LogP contribution in [0.2, 0.25) is 0 Å². The smallest absolute Gasteiger partial charge is 0.307 e. The number of hydrogen-bond acceptors (Lipinski definition) is 12. The second-order valence-corrected chi connectivity index (χ2v) is 16.9. The van der Waals surface area contributed by atoms with Crippen LogP contribution in [0.3, 0.4) is 0 Å². The Kier molecular flexibility index (Phi) is 13.9. The molecule has 3 saturated heterocycles. The molecule has 0 aromatic rings. The van der Waals surface area contributed by atoms with Gasteiger partial charge in [-0.05, 0) is 115 Å². The summed E-state index contributed by atoms with van der Waals surface area (Å²) in [7, 11) is 7.23. The van der Waals surface area contributed by atoms with Crippen LogP contribution in [-0.4, -0.2) is 129 Å². The lowest BCUT2D eigenvalue weighted by atomic mass is 9.70. The van der Waals surface area contributed by atoms with Gasteiger partial charge in [-0.2, -0.15) is 0 Å². The van der Waals surface area contributed by atoms with E-state index in [4.69, 9.17) is 33.2 Å². The Morgan fingerprint density at radius 3 is 2.37 bits per heavy atom. The third-order valence-corrected chi connectivity index (χ3v) is 13.1. The first-order valence-corrected chi connectivity index (χ1v) is 20.3. The average Bonchev–Trinajstić information content (AvgIpc) is 3.70. The second kappa shape index (κ2) is 18.1. The van der Waals surface area contributed by atoms with Crippen LogP contribution in [0.5, 0.6) is 0 Å². The molecule has 3 aliphatic heterocycles. The fraction of sp³-hybridized carbons (Fsp3) is 0.810. The fourth-order valence-electron chi connectivity index (χ4n) is 10.2. The van der Waals surface area contributed by atoms with Gasteiger partial charge in [0.05, 0.1) is 36.9 Å². The number of ketones is 1. The van der Waals surface area contributed by atoms with Crippen LogP contribution in [0.25, 0.3) is 0 Å². The third kappa shape index (κ3) is 9.08. The maximum atomic E-state index is 14.7. The third-order valence-electron chi connectivity index (χ3n) is 13.1. The number of aliphatic hydroxyl groups is 2. The van der Waals surface area contributed by atoms with E-state index in [9.17, 15) is 19.8 Å². The first-order chi connectivity index (χ1) is 25.8. The summed E-state index contributed by atoms with van der Waals surface area (Å²) in [6.07, 6.45) is 9.87. The standard InChI is InChI=1S/C42H65NO11/c1-22(44)12-14-27-10-9-11-35(54-37-17-16-34(43(5)6)24(3)50-37)23(2)38(46)33-20-31-29(32(33)21-36(45)52-27)15-13-26-18-28(19-30(26)31)53-42-41(49-8)39(47)40(48-7)25(4)51-42/h12-15,20,22-32,34-35,37,39-42,44,47H,9-11,16-19,21H2,1-8H3/t22?,23-,24-,25+,26?,27?,28-,29?,30?,31?,32?,34+,35+,37+,39-,40+,41-,42+/m1/s1. The Labute approximate surface area is 321 Å². The lowest BCUT2D eigenvalue weighted by Gasteiger charge is -2.42. The van der Waals surface area contributed by atoms with Gasteiger partial charge in [-0.3, -0.25) is 9.59 Å². The van der Waals surface area contributed by atoms with E-state index in [1.165, 1.54) is 7.11 Å². The Hall–Kier alpha value is -2.00. The number of fused-ring (bicyclic) bond motifs is 5. The summed E-state index contributed by atoms with van der Waals surface area (Å²) in [6, 6.07) is 0.302. The molecule has 0 aromatic heterocycles. The van der Waals surface area contributed by atoms with Crippen LogP contribution in [-0.2, 0) is 42.7 Å². The Morgan fingerprint density at radius 2 is 1.69 bits per heavy atom. The summed E-state index contributed by atoms with van der Waals surface area (Å²) in [6.45, 7) is 7.58. The molecule has 54 heavy (non-hydrogen) atoms. The minimum absolute atomic E-state index is 0.00444. The molecule has 3 heterocycles. The largest absolute Gasteiger partial charge is 0.458 e. The van der Waals surface area contributed by atoms with Gasteiger partial charge in [-0.15, -0.1) is 0 Å². The number of carbonyl (C=O) groups excluding carboxylic acids is 2. The highest BCUT2D eigenvalue weighted by Crippen LogP contribution is 2.54. The molecule has 0 radical (unpaired) electrons. The van der Waals surface area contributed by atoms with E-state index in [2.05, 4.69) is 44.1 Å². The van der Waals surface area contributed by atoms with Gasteiger partial charge in [0.15, 0.2) is 18.4 Å². The van der Waals surface area contributed by atoms with Gasteiger partial charge >= 0.3 is 5.97 Å². The molecule has 0 aromatic carbocycles. The summed E-state index contributed by atoms with van der Waals surface area (Å²) in [5, 5.41) is 20.9. The van der Waals surface area contributed by atoms with Crippen LogP contribution in [0, 0.1) is 35.5 Å². The van der Waals surface area contributed by atoms with Crippen molar-refractivity contribution in [3.05, 3.63) is 36.0 Å². The van der Waals surface area contributed by atoms with Crippen molar-refractivity contribution in [2.24, 2.45) is 35.5 Å². The van der Waals surface area contributed by atoms with Crippen molar-refractivity contribution in [3.63, 3.8) is 0 Å². The van der Waals surface area contributed by atoms with Gasteiger partial charge in [-0.1, -0.05) is 31.2 Å². The van der Waals surface area contributed by atoms with Crippen molar-refractivity contribution in [2.45, 2.75) is 153 Å². The summed E-state index contributed by atoms with van der Waals surface area (Å²) in [5.41, 5.74) is 0.692. The fourth-order valence-corrected chi connectivity index (χ4v) is 10.2. The molecule has 304 valence electrons. The van der Waals surface area contributed by atoms with Gasteiger partial charge in [0.2, 0.25) is 0 Å². The number of esters is 1. The number of cyclic esters (lactones) is 1. The number of nitrogens with zero attached hydrogens (tertiary/aromatic N) is 1. The van der Waals surface area contributed by atoms with E-state index in [1.54, 1.807) is 26.2 Å². The first-order valence-electron chi connectivity index (χ1n) is 20.3. The van der Waals surface area contributed by atoms with Crippen molar-refractivity contribution in [1.29, 1.82) is 0 Å². The summed E-state index contributed by atoms with van der Waals surface area (Å²) in [5.74, 6) is -0.640. The van der Waals surface area contributed by atoms with Crippen LogP contribution in [0.1, 0.15) is 79.1 Å². The molecule has 12 heteroatoms. The Balaban J connectivity index is 1.22. The van der Waals surface area contributed by atoms with E-state index in [1.807, 2.05) is 13.8 Å². The molecule has 12 nitrogen and oxygen atoms in total. The van der Waals surface area contributed by atoms with Gasteiger partial charge < -0.3 is 48.3 Å². The summed E-state index contributed by atoms with van der Waals surface area (Å²) >= 11 is 0. The van der Waals surface area contributed by atoms with Gasteiger partial charge in [0.1, 0.15) is 24.4 Å². The molecule has 0 spiro atoms. The molecule has 1 saturated carbocycles. The molecular formula is C42H65NO11. The number of ether oxygens (including phenoxy) is 7. The molecule has 18 atom stereocenters. The summed E-state index contributed by atoms with van der Waals surface area (Å²) < 4.78 is 43.0. The number of hydrogen-bond donors (Lipinski definition) is 2. The van der Waals surface area contributed by atoms with Crippen LogP contribution < -0.4 is 0 Å². The average molecular weight is 760 g/mol. The molecule has 0 amide bonds. The molecule has 7 unspecified atom stereocenters. The molecule has 4 fully saturated rings. The van der Waals surface area contributed by atoms with Gasteiger partial charge in [0.25, 0.3) is 0 Å². The minimum Gasteiger partial charge on any atom is -0.458 e. The number of rotatable bonds is 9. The highest BCUT2D eigenvalue weighted by molar-refractivity contribution is 5.99. The quantitative estimate of drug-likeness (QED) is 0.255. The highest BCUT2D eigenvalue weighted by atomic mass is 16.7. The number of allylic oxidation sites excluding steroid dienone is 4. The van der Waals surface area contributed by atoms with Gasteiger partial charge in [0, 0.05) is 32.1 Å². The van der Waals surface area contributed by atoms with Crippen molar-refractivity contribution in [2.75, 3.05) is 28.3 Å². The number of likely N-dealkylation sites (N-methyl/N-ethyl adjacent to an activating group) is 1. The summed E-state index contributed by atoms with van der Waals surface area (Å²) in [4.78, 5) is 30.5. The van der Waals surface area contributed by atoms with E-state index in [0.29, 0.717) is 30.9 Å².